The Morgan fingerprint density at radius 3 is 2.65 bits per heavy atom. The zero-order valence-corrected chi connectivity index (χ0v) is 13.9. The maximum Gasteiger partial charge on any atom is 0.279 e. The highest BCUT2D eigenvalue weighted by Crippen LogP contribution is 2.30. The van der Waals surface area contributed by atoms with E-state index < -0.39 is 22.0 Å². The number of thiophene rings is 1. The fourth-order valence-electron chi connectivity index (χ4n) is 1.84. The quantitative estimate of drug-likeness (QED) is 0.792. The molecule has 1 aliphatic heterocycles. The number of nitrogens with one attached hydrogen (secondary N) is 2. The van der Waals surface area contributed by atoms with Gasteiger partial charge in [0.05, 0.1) is 4.34 Å². The highest BCUT2D eigenvalue weighted by molar-refractivity contribution is 7.91. The highest BCUT2D eigenvalue weighted by Gasteiger charge is 2.28. The second kappa shape index (κ2) is 6.36. The summed E-state index contributed by atoms with van der Waals surface area (Å²) in [5.74, 6) is 0.294. The molecule has 1 aromatic carbocycles. The minimum Gasteiger partial charge on any atom is -0.485 e. The SMILES string of the molecule is O=C(NNS(=O)(=O)c1ccc(Cl)s1)[C@H]1COc2ccccc2O1. The maximum absolute atomic E-state index is 12.0. The van der Waals surface area contributed by atoms with Crippen LogP contribution in [0, 0.1) is 0 Å². The first kappa shape index (κ1) is 16.1. The van der Waals surface area contributed by atoms with Crippen LogP contribution in [0.3, 0.4) is 0 Å². The first-order valence-corrected chi connectivity index (χ1v) is 9.09. The second-order valence-electron chi connectivity index (χ2n) is 4.52. The number of ether oxygens (including phenoxy) is 2. The number of halogens is 1. The number of amides is 1. The number of hydrazine groups is 1. The molecule has 3 rings (SSSR count). The van der Waals surface area contributed by atoms with Crippen molar-refractivity contribution in [3.63, 3.8) is 0 Å². The molecular formula is C13H11ClN2O5S2. The van der Waals surface area contributed by atoms with Gasteiger partial charge < -0.3 is 9.47 Å². The summed E-state index contributed by atoms with van der Waals surface area (Å²) in [7, 11) is -3.88. The smallest absolute Gasteiger partial charge is 0.279 e. The summed E-state index contributed by atoms with van der Waals surface area (Å²) in [5.41, 5.74) is 2.11. The number of sulfonamides is 1. The molecular weight excluding hydrogens is 364 g/mol. The Labute approximate surface area is 141 Å². The van der Waals surface area contributed by atoms with E-state index in [4.69, 9.17) is 21.1 Å². The normalized spacial score (nSPS) is 16.8. The van der Waals surface area contributed by atoms with Gasteiger partial charge in [-0.25, -0.2) is 8.42 Å². The van der Waals surface area contributed by atoms with Crippen LogP contribution in [0.4, 0.5) is 0 Å². The monoisotopic (exact) mass is 374 g/mol. The van der Waals surface area contributed by atoms with E-state index in [1.54, 1.807) is 24.3 Å². The van der Waals surface area contributed by atoms with Crippen LogP contribution in [0.1, 0.15) is 0 Å². The third-order valence-electron chi connectivity index (χ3n) is 2.92. The van der Waals surface area contributed by atoms with E-state index in [9.17, 15) is 13.2 Å². The third kappa shape index (κ3) is 3.58. The number of carbonyl (C=O) groups is 1. The van der Waals surface area contributed by atoms with Crippen molar-refractivity contribution >= 4 is 38.9 Å². The molecule has 1 amide bonds. The minimum atomic E-state index is -3.88. The summed E-state index contributed by atoms with van der Waals surface area (Å²) < 4.78 is 35.2. The molecule has 23 heavy (non-hydrogen) atoms. The van der Waals surface area contributed by atoms with Crippen LogP contribution in [0.15, 0.2) is 40.6 Å². The lowest BCUT2D eigenvalue weighted by atomic mass is 10.2. The fraction of sp³-hybridized carbons (Fsp3) is 0.154. The predicted octanol–water partition coefficient (Wildman–Crippen LogP) is 1.55. The molecule has 0 spiro atoms. The van der Waals surface area contributed by atoms with E-state index in [0.717, 1.165) is 11.3 Å². The Hall–Kier alpha value is -1.81. The van der Waals surface area contributed by atoms with E-state index in [1.807, 2.05) is 4.83 Å². The van der Waals surface area contributed by atoms with Crippen LogP contribution in [0.2, 0.25) is 4.34 Å². The number of hydrogen-bond acceptors (Lipinski definition) is 6. The van der Waals surface area contributed by atoms with Crippen molar-refractivity contribution in [3.05, 3.63) is 40.7 Å². The van der Waals surface area contributed by atoms with Gasteiger partial charge in [-0.15, -0.1) is 16.2 Å². The van der Waals surface area contributed by atoms with Gasteiger partial charge in [0.1, 0.15) is 10.8 Å². The second-order valence-corrected chi connectivity index (χ2v) is 8.14. The van der Waals surface area contributed by atoms with Crippen LogP contribution >= 0.6 is 22.9 Å². The molecule has 2 aromatic rings. The number of rotatable bonds is 4. The molecule has 0 fully saturated rings. The molecule has 0 saturated carbocycles. The first-order chi connectivity index (χ1) is 11.0. The first-order valence-electron chi connectivity index (χ1n) is 6.41. The summed E-state index contributed by atoms with van der Waals surface area (Å²) in [5, 5.41) is 0. The number of fused-ring (bicyclic) bond motifs is 1. The average molecular weight is 375 g/mol. The zero-order chi connectivity index (χ0) is 16.4. The molecule has 10 heteroatoms. The molecule has 2 N–H and O–H groups in total. The van der Waals surface area contributed by atoms with Crippen LogP contribution in [-0.4, -0.2) is 27.0 Å². The van der Waals surface area contributed by atoms with Gasteiger partial charge in [-0.05, 0) is 24.3 Å². The molecule has 0 bridgehead atoms. The van der Waals surface area contributed by atoms with Crippen LogP contribution < -0.4 is 19.7 Å². The van der Waals surface area contributed by atoms with Gasteiger partial charge in [0, 0.05) is 0 Å². The summed E-state index contributed by atoms with van der Waals surface area (Å²) in [6.45, 7) is -0.0184. The Morgan fingerprint density at radius 2 is 1.96 bits per heavy atom. The molecule has 0 unspecified atom stereocenters. The fourth-order valence-corrected chi connectivity index (χ4v) is 4.17. The summed E-state index contributed by atoms with van der Waals surface area (Å²) in [6, 6.07) is 9.70. The molecule has 1 atom stereocenters. The molecule has 0 aliphatic carbocycles. The van der Waals surface area contributed by atoms with Gasteiger partial charge in [0.25, 0.3) is 15.9 Å². The van der Waals surface area contributed by atoms with Crippen molar-refractivity contribution in [2.75, 3.05) is 6.61 Å². The Bertz CT molecular complexity index is 836. The lowest BCUT2D eigenvalue weighted by Crippen LogP contribution is -2.50. The molecule has 2 heterocycles. The van der Waals surface area contributed by atoms with Crippen LogP contribution in [0.5, 0.6) is 11.5 Å². The van der Waals surface area contributed by atoms with Crippen molar-refractivity contribution in [1.29, 1.82) is 0 Å². The minimum absolute atomic E-state index is 0.00559. The Balaban J connectivity index is 1.62. The van der Waals surface area contributed by atoms with Gasteiger partial charge in [-0.3, -0.25) is 10.2 Å². The van der Waals surface area contributed by atoms with E-state index in [1.165, 1.54) is 12.1 Å². The topological polar surface area (TPSA) is 93.7 Å². The highest BCUT2D eigenvalue weighted by atomic mass is 35.5. The lowest BCUT2D eigenvalue weighted by molar-refractivity contribution is -0.130. The van der Waals surface area contributed by atoms with Crippen LogP contribution in [-0.2, 0) is 14.8 Å². The van der Waals surface area contributed by atoms with E-state index in [-0.39, 0.29) is 10.8 Å². The summed E-state index contributed by atoms with van der Waals surface area (Å²) in [6.07, 6.45) is -0.959. The largest absolute Gasteiger partial charge is 0.485 e. The van der Waals surface area contributed by atoms with Gasteiger partial charge in [0.2, 0.25) is 6.10 Å². The Morgan fingerprint density at radius 1 is 1.22 bits per heavy atom. The van der Waals surface area contributed by atoms with Gasteiger partial charge in [-0.1, -0.05) is 23.7 Å². The number of para-hydroxylation sites is 2. The summed E-state index contributed by atoms with van der Waals surface area (Å²) in [4.78, 5) is 14.0. The van der Waals surface area contributed by atoms with Crippen molar-refractivity contribution in [1.82, 2.24) is 10.3 Å². The van der Waals surface area contributed by atoms with E-state index in [2.05, 4.69) is 5.43 Å². The molecule has 1 aromatic heterocycles. The van der Waals surface area contributed by atoms with Gasteiger partial charge in [0.15, 0.2) is 11.5 Å². The van der Waals surface area contributed by atoms with E-state index in [0.29, 0.717) is 15.8 Å². The molecule has 1 aliphatic rings. The molecule has 122 valence electrons. The van der Waals surface area contributed by atoms with Crippen molar-refractivity contribution in [3.8, 4) is 11.5 Å². The lowest BCUT2D eigenvalue weighted by Gasteiger charge is -2.25. The molecule has 0 saturated heterocycles. The van der Waals surface area contributed by atoms with Crippen molar-refractivity contribution in [2.45, 2.75) is 10.3 Å². The third-order valence-corrected chi connectivity index (χ3v) is 5.89. The zero-order valence-electron chi connectivity index (χ0n) is 11.5. The number of benzene rings is 1. The van der Waals surface area contributed by atoms with E-state index >= 15 is 0 Å². The van der Waals surface area contributed by atoms with Gasteiger partial charge >= 0.3 is 0 Å². The number of hydrogen-bond donors (Lipinski definition) is 2. The summed E-state index contributed by atoms with van der Waals surface area (Å²) >= 11 is 6.58. The molecule has 7 nitrogen and oxygen atoms in total. The van der Waals surface area contributed by atoms with Crippen molar-refractivity contribution < 1.29 is 22.7 Å². The predicted molar refractivity (Wildman–Crippen MR) is 84.1 cm³/mol. The maximum atomic E-state index is 12.0. The number of carbonyl (C=O) groups excluding carboxylic acids is 1. The van der Waals surface area contributed by atoms with Gasteiger partial charge in [-0.2, -0.15) is 0 Å². The Kier molecular flexibility index (Phi) is 4.44. The molecule has 0 radical (unpaired) electrons. The van der Waals surface area contributed by atoms with Crippen LogP contribution in [0.25, 0.3) is 0 Å². The average Bonchev–Trinajstić information content (AvgIpc) is 2.99. The standard InChI is InChI=1S/C13H11ClN2O5S2/c14-11-5-6-12(22-11)23(18,19)16-15-13(17)10-7-20-8-3-1-2-4-9(8)21-10/h1-6,10,16H,7H2,(H,15,17)/t10-/m1/s1. The van der Waals surface area contributed by atoms with Crippen molar-refractivity contribution in [2.24, 2.45) is 0 Å².